The molecular formula is C13H14O5S. The van der Waals surface area contributed by atoms with E-state index in [1.54, 1.807) is 6.07 Å². The molecule has 19 heavy (non-hydrogen) atoms. The molecule has 0 radical (unpaired) electrons. The van der Waals surface area contributed by atoms with Crippen molar-refractivity contribution in [2.24, 2.45) is 0 Å². The van der Waals surface area contributed by atoms with Crippen LogP contribution in [0.2, 0.25) is 0 Å². The van der Waals surface area contributed by atoms with Crippen molar-refractivity contribution in [3.05, 3.63) is 54.6 Å². The van der Waals surface area contributed by atoms with Gasteiger partial charge >= 0.3 is 5.97 Å². The van der Waals surface area contributed by atoms with Gasteiger partial charge < -0.3 is 4.74 Å². The van der Waals surface area contributed by atoms with Crippen LogP contribution in [0.5, 0.6) is 0 Å². The van der Waals surface area contributed by atoms with E-state index in [0.29, 0.717) is 0 Å². The minimum Gasteiger partial charge on any atom is -0.450 e. The second kappa shape index (κ2) is 5.81. The normalized spacial score (nSPS) is 12.5. The Balaban J connectivity index is 3.23. The molecule has 0 saturated carbocycles. The van der Waals surface area contributed by atoms with Crippen molar-refractivity contribution in [2.75, 3.05) is 0 Å². The Morgan fingerprint density at radius 3 is 2.47 bits per heavy atom. The van der Waals surface area contributed by atoms with Crippen molar-refractivity contribution in [2.45, 2.75) is 17.9 Å². The highest BCUT2D eigenvalue weighted by Gasteiger charge is 2.22. The zero-order valence-electron chi connectivity index (χ0n) is 10.4. The van der Waals surface area contributed by atoms with E-state index < -0.39 is 22.2 Å². The molecule has 0 aliphatic heterocycles. The van der Waals surface area contributed by atoms with Crippen LogP contribution < -0.4 is 0 Å². The van der Waals surface area contributed by atoms with Crippen molar-refractivity contribution in [1.82, 2.24) is 0 Å². The van der Waals surface area contributed by atoms with Crippen LogP contribution in [0.4, 0.5) is 0 Å². The summed E-state index contributed by atoms with van der Waals surface area (Å²) in [5, 5.41) is 0. The van der Waals surface area contributed by atoms with Gasteiger partial charge in [-0.1, -0.05) is 31.4 Å². The summed E-state index contributed by atoms with van der Waals surface area (Å²) in [6.45, 7) is 8.39. The fourth-order valence-electron chi connectivity index (χ4n) is 1.40. The molecule has 1 rings (SSSR count). The monoisotopic (exact) mass is 282 g/mol. The van der Waals surface area contributed by atoms with Gasteiger partial charge in [0.15, 0.2) is 0 Å². The minimum absolute atomic E-state index is 0.134. The number of rotatable bonds is 5. The van der Waals surface area contributed by atoms with Gasteiger partial charge in [-0.3, -0.25) is 4.55 Å². The van der Waals surface area contributed by atoms with E-state index in [1.165, 1.54) is 31.2 Å². The molecule has 1 aromatic carbocycles. The molecule has 1 atom stereocenters. The highest BCUT2D eigenvalue weighted by atomic mass is 32.2. The lowest BCUT2D eigenvalue weighted by Crippen LogP contribution is -2.13. The summed E-state index contributed by atoms with van der Waals surface area (Å²) >= 11 is 0. The quantitative estimate of drug-likeness (QED) is 0.388. The molecule has 0 aliphatic carbocycles. The van der Waals surface area contributed by atoms with E-state index in [1.807, 2.05) is 0 Å². The molecule has 0 saturated heterocycles. The fraction of sp³-hybridized carbons (Fsp3) is 0.154. The van der Waals surface area contributed by atoms with Gasteiger partial charge in [-0.05, 0) is 19.1 Å². The first-order valence-corrected chi connectivity index (χ1v) is 6.77. The van der Waals surface area contributed by atoms with Crippen LogP contribution in [-0.4, -0.2) is 18.9 Å². The number of ether oxygens (including phenoxy) is 1. The van der Waals surface area contributed by atoms with E-state index in [0.717, 1.165) is 0 Å². The summed E-state index contributed by atoms with van der Waals surface area (Å²) < 4.78 is 36.7. The maximum Gasteiger partial charge on any atom is 0.334 e. The van der Waals surface area contributed by atoms with Gasteiger partial charge in [-0.25, -0.2) is 4.79 Å². The highest BCUT2D eigenvalue weighted by Crippen LogP contribution is 2.26. The Bertz CT molecular complexity index is 616. The minimum atomic E-state index is -4.41. The van der Waals surface area contributed by atoms with Gasteiger partial charge in [-0.2, -0.15) is 8.42 Å². The van der Waals surface area contributed by atoms with Crippen LogP contribution in [0.15, 0.2) is 54.0 Å². The molecule has 1 unspecified atom stereocenters. The van der Waals surface area contributed by atoms with Crippen molar-refractivity contribution in [1.29, 1.82) is 0 Å². The van der Waals surface area contributed by atoms with E-state index in [-0.39, 0.29) is 16.0 Å². The van der Waals surface area contributed by atoms with E-state index in [9.17, 15) is 13.2 Å². The summed E-state index contributed by atoms with van der Waals surface area (Å²) in [5.74, 6) is -0.671. The summed E-state index contributed by atoms with van der Waals surface area (Å²) in [6, 6.07) is 5.67. The largest absolute Gasteiger partial charge is 0.450 e. The Morgan fingerprint density at radius 2 is 2.00 bits per heavy atom. The molecule has 0 fully saturated rings. The number of hydrogen-bond acceptors (Lipinski definition) is 4. The van der Waals surface area contributed by atoms with Crippen LogP contribution in [0, 0.1) is 0 Å². The molecule has 5 nitrogen and oxygen atoms in total. The number of carbonyl (C=O) groups is 1. The first-order chi connectivity index (χ1) is 8.77. The topological polar surface area (TPSA) is 80.7 Å². The molecular weight excluding hydrogens is 268 g/mol. The van der Waals surface area contributed by atoms with E-state index in [4.69, 9.17) is 9.29 Å². The Hall–Kier alpha value is -1.92. The predicted molar refractivity (Wildman–Crippen MR) is 70.1 cm³/mol. The van der Waals surface area contributed by atoms with Crippen molar-refractivity contribution in [3.8, 4) is 0 Å². The van der Waals surface area contributed by atoms with E-state index in [2.05, 4.69) is 13.2 Å². The summed E-state index contributed by atoms with van der Waals surface area (Å²) in [5.41, 5.74) is 0.311. The number of benzene rings is 1. The third kappa shape index (κ3) is 3.77. The molecule has 102 valence electrons. The lowest BCUT2D eigenvalue weighted by atomic mass is 10.1. The summed E-state index contributed by atoms with van der Waals surface area (Å²) in [6.07, 6.45) is 0.285. The zero-order chi connectivity index (χ0) is 14.6. The lowest BCUT2D eigenvalue weighted by molar-refractivity contribution is -0.142. The second-order valence-electron chi connectivity index (χ2n) is 3.85. The second-order valence-corrected chi connectivity index (χ2v) is 5.24. The molecule has 0 heterocycles. The van der Waals surface area contributed by atoms with Crippen molar-refractivity contribution >= 4 is 16.1 Å². The Morgan fingerprint density at radius 1 is 1.42 bits per heavy atom. The average Bonchev–Trinajstić information content (AvgIpc) is 2.34. The van der Waals surface area contributed by atoms with Gasteiger partial charge in [0, 0.05) is 11.1 Å². The smallest absolute Gasteiger partial charge is 0.334 e. The molecule has 6 heteroatoms. The van der Waals surface area contributed by atoms with Gasteiger partial charge in [0.05, 0.1) is 0 Å². The predicted octanol–water partition coefficient (Wildman–Crippen LogP) is 2.28. The molecule has 1 aromatic rings. The van der Waals surface area contributed by atoms with Crippen LogP contribution in [0.1, 0.15) is 18.6 Å². The standard InChI is InChI=1S/C13H14O5S/c1-4-11(18-13(14)9(2)3)10-7-5-6-8-12(10)19(15,16)17/h4-8,11H,1-2H2,3H3,(H,15,16,17). The number of esters is 1. The Labute approximate surface area is 112 Å². The van der Waals surface area contributed by atoms with Crippen LogP contribution in [0.3, 0.4) is 0 Å². The highest BCUT2D eigenvalue weighted by molar-refractivity contribution is 7.85. The zero-order valence-corrected chi connectivity index (χ0v) is 11.2. The molecule has 0 aliphatic rings. The number of carbonyl (C=O) groups excluding carboxylic acids is 1. The van der Waals surface area contributed by atoms with Crippen LogP contribution >= 0.6 is 0 Å². The SMILES string of the molecule is C=CC(OC(=O)C(=C)C)c1ccccc1S(=O)(=O)O. The third-order valence-corrected chi connectivity index (χ3v) is 3.23. The Kier molecular flexibility index (Phi) is 4.63. The molecule has 0 spiro atoms. The fourth-order valence-corrected chi connectivity index (χ4v) is 2.14. The third-order valence-electron chi connectivity index (χ3n) is 2.30. The summed E-state index contributed by atoms with van der Waals surface area (Å²) in [7, 11) is -4.41. The maximum absolute atomic E-state index is 11.5. The summed E-state index contributed by atoms with van der Waals surface area (Å²) in [4.78, 5) is 11.1. The van der Waals surface area contributed by atoms with Gasteiger partial charge in [0.2, 0.25) is 0 Å². The van der Waals surface area contributed by atoms with Gasteiger partial charge in [0.1, 0.15) is 11.0 Å². The molecule has 0 bridgehead atoms. The first kappa shape index (κ1) is 15.1. The maximum atomic E-state index is 11.5. The van der Waals surface area contributed by atoms with Crippen LogP contribution in [-0.2, 0) is 19.6 Å². The van der Waals surface area contributed by atoms with Crippen molar-refractivity contribution < 1.29 is 22.5 Å². The molecule has 1 N–H and O–H groups in total. The lowest BCUT2D eigenvalue weighted by Gasteiger charge is -2.16. The van der Waals surface area contributed by atoms with Gasteiger partial charge in [0.25, 0.3) is 10.1 Å². The molecule has 0 aromatic heterocycles. The van der Waals surface area contributed by atoms with Gasteiger partial charge in [-0.15, -0.1) is 0 Å². The number of hydrogen-bond donors (Lipinski definition) is 1. The average molecular weight is 282 g/mol. The first-order valence-electron chi connectivity index (χ1n) is 5.33. The van der Waals surface area contributed by atoms with E-state index >= 15 is 0 Å². The van der Waals surface area contributed by atoms with Crippen molar-refractivity contribution in [3.63, 3.8) is 0 Å². The van der Waals surface area contributed by atoms with Crippen LogP contribution in [0.25, 0.3) is 0 Å². The molecule has 0 amide bonds.